The maximum absolute atomic E-state index is 5.66. The maximum atomic E-state index is 5.66. The minimum atomic E-state index is 0.614. The summed E-state index contributed by atoms with van der Waals surface area (Å²) in [6.45, 7) is 3.61. The molecule has 1 aliphatic heterocycles. The Bertz CT molecular complexity index is 527. The number of nitrogens with zero attached hydrogens (tertiary/aromatic N) is 3. The number of nitrogens with one attached hydrogen (secondary N) is 1. The molecule has 3 rings (SSSR count). The Kier molecular flexibility index (Phi) is 3.60. The maximum Gasteiger partial charge on any atom is 0.165 e. The highest BCUT2D eigenvalue weighted by Gasteiger charge is 2.14. The van der Waals surface area contributed by atoms with Crippen molar-refractivity contribution in [2.45, 2.75) is 13.1 Å². The molecule has 6 nitrogen and oxygen atoms in total. The van der Waals surface area contributed by atoms with Gasteiger partial charge in [0.25, 0.3) is 0 Å². The van der Waals surface area contributed by atoms with E-state index in [1.54, 1.807) is 10.9 Å². The second-order valence-corrected chi connectivity index (χ2v) is 4.28. The van der Waals surface area contributed by atoms with Crippen LogP contribution in [0.3, 0.4) is 0 Å². The summed E-state index contributed by atoms with van der Waals surface area (Å²) in [7, 11) is 0. The summed E-state index contributed by atoms with van der Waals surface area (Å²) in [5, 5.41) is 11.0. The Morgan fingerprint density at radius 1 is 1.26 bits per heavy atom. The van der Waals surface area contributed by atoms with Crippen LogP contribution in [0.5, 0.6) is 11.5 Å². The van der Waals surface area contributed by atoms with Crippen LogP contribution in [0, 0.1) is 0 Å². The molecule has 1 aliphatic rings. The van der Waals surface area contributed by atoms with E-state index < -0.39 is 0 Å². The average Bonchev–Trinajstić information content (AvgIpc) is 2.97. The summed E-state index contributed by atoms with van der Waals surface area (Å²) >= 11 is 0. The molecule has 1 N–H and O–H groups in total. The number of hydrogen-bond acceptors (Lipinski definition) is 5. The lowest BCUT2D eigenvalue weighted by Crippen LogP contribution is -2.22. The summed E-state index contributed by atoms with van der Waals surface area (Å²) in [6.07, 6.45) is 3.53. The fraction of sp³-hybridized carbons (Fsp3) is 0.385. The quantitative estimate of drug-likeness (QED) is 0.807. The van der Waals surface area contributed by atoms with Gasteiger partial charge in [-0.05, 0) is 6.07 Å². The fourth-order valence-corrected chi connectivity index (χ4v) is 2.04. The van der Waals surface area contributed by atoms with E-state index in [0.29, 0.717) is 13.2 Å². The predicted octanol–water partition coefficient (Wildman–Crippen LogP) is 0.839. The SMILES string of the molecule is c1cc(CNCCn2ccnn2)c2c(c1)OCCO2. The van der Waals surface area contributed by atoms with E-state index in [-0.39, 0.29) is 0 Å². The van der Waals surface area contributed by atoms with Gasteiger partial charge in [0.05, 0.1) is 12.7 Å². The molecule has 100 valence electrons. The van der Waals surface area contributed by atoms with Crippen molar-refractivity contribution in [3.8, 4) is 11.5 Å². The molecule has 0 unspecified atom stereocenters. The van der Waals surface area contributed by atoms with Gasteiger partial charge in [0.1, 0.15) is 13.2 Å². The number of ether oxygens (including phenoxy) is 2. The Balaban J connectivity index is 1.55. The molecular weight excluding hydrogens is 244 g/mol. The molecule has 0 atom stereocenters. The third kappa shape index (κ3) is 2.85. The minimum absolute atomic E-state index is 0.614. The number of aromatic nitrogens is 3. The van der Waals surface area contributed by atoms with Crippen LogP contribution in [0.1, 0.15) is 5.56 Å². The molecule has 19 heavy (non-hydrogen) atoms. The first-order valence-corrected chi connectivity index (χ1v) is 6.36. The van der Waals surface area contributed by atoms with Crippen molar-refractivity contribution in [3.05, 3.63) is 36.2 Å². The number of fused-ring (bicyclic) bond motifs is 1. The highest BCUT2D eigenvalue weighted by atomic mass is 16.6. The molecule has 0 bridgehead atoms. The lowest BCUT2D eigenvalue weighted by molar-refractivity contribution is 0.169. The predicted molar refractivity (Wildman–Crippen MR) is 69.2 cm³/mol. The molecule has 2 aromatic rings. The highest BCUT2D eigenvalue weighted by Crippen LogP contribution is 2.33. The second-order valence-electron chi connectivity index (χ2n) is 4.28. The fourth-order valence-electron chi connectivity index (χ4n) is 2.04. The van der Waals surface area contributed by atoms with Gasteiger partial charge >= 0.3 is 0 Å². The normalized spacial score (nSPS) is 13.5. The van der Waals surface area contributed by atoms with Gasteiger partial charge in [0.2, 0.25) is 0 Å². The van der Waals surface area contributed by atoms with Crippen LogP contribution in [0.15, 0.2) is 30.6 Å². The van der Waals surface area contributed by atoms with E-state index in [0.717, 1.165) is 36.7 Å². The summed E-state index contributed by atoms with van der Waals surface area (Å²) < 4.78 is 13.0. The Hall–Kier alpha value is -2.08. The molecule has 0 amide bonds. The van der Waals surface area contributed by atoms with E-state index in [1.165, 1.54) is 0 Å². The van der Waals surface area contributed by atoms with Gasteiger partial charge in [-0.2, -0.15) is 0 Å². The lowest BCUT2D eigenvalue weighted by atomic mass is 10.1. The lowest BCUT2D eigenvalue weighted by Gasteiger charge is -2.21. The zero-order chi connectivity index (χ0) is 12.9. The van der Waals surface area contributed by atoms with Gasteiger partial charge in [-0.1, -0.05) is 17.3 Å². The summed E-state index contributed by atoms with van der Waals surface area (Å²) in [6, 6.07) is 5.98. The van der Waals surface area contributed by atoms with Crippen LogP contribution in [0.25, 0.3) is 0 Å². The van der Waals surface area contributed by atoms with E-state index in [4.69, 9.17) is 9.47 Å². The topological polar surface area (TPSA) is 61.2 Å². The molecule has 1 aromatic heterocycles. The van der Waals surface area contributed by atoms with Crippen LogP contribution >= 0.6 is 0 Å². The third-order valence-electron chi connectivity index (χ3n) is 2.95. The summed E-state index contributed by atoms with van der Waals surface area (Å²) in [5.74, 6) is 1.70. The van der Waals surface area contributed by atoms with Crippen molar-refractivity contribution in [2.24, 2.45) is 0 Å². The average molecular weight is 260 g/mol. The Morgan fingerprint density at radius 2 is 2.21 bits per heavy atom. The Morgan fingerprint density at radius 3 is 3.11 bits per heavy atom. The molecule has 0 saturated heterocycles. The largest absolute Gasteiger partial charge is 0.486 e. The van der Waals surface area contributed by atoms with Crippen LogP contribution in [-0.2, 0) is 13.1 Å². The number of para-hydroxylation sites is 1. The molecule has 0 saturated carbocycles. The van der Waals surface area contributed by atoms with Crippen molar-refractivity contribution >= 4 is 0 Å². The van der Waals surface area contributed by atoms with Gasteiger partial charge in [0.15, 0.2) is 11.5 Å². The number of hydrogen-bond donors (Lipinski definition) is 1. The Labute approximate surface area is 111 Å². The van der Waals surface area contributed by atoms with E-state index in [9.17, 15) is 0 Å². The van der Waals surface area contributed by atoms with Crippen LogP contribution in [-0.4, -0.2) is 34.8 Å². The summed E-state index contributed by atoms with van der Waals surface area (Å²) in [4.78, 5) is 0. The highest BCUT2D eigenvalue weighted by molar-refractivity contribution is 5.47. The molecule has 2 heterocycles. The van der Waals surface area contributed by atoms with Gasteiger partial charge in [-0.25, -0.2) is 0 Å². The van der Waals surface area contributed by atoms with Gasteiger partial charge in [0, 0.05) is 24.8 Å². The first-order chi connectivity index (χ1) is 9.43. The van der Waals surface area contributed by atoms with E-state index >= 15 is 0 Å². The van der Waals surface area contributed by atoms with Crippen molar-refractivity contribution in [1.29, 1.82) is 0 Å². The number of benzene rings is 1. The van der Waals surface area contributed by atoms with E-state index in [1.807, 2.05) is 18.3 Å². The third-order valence-corrected chi connectivity index (χ3v) is 2.95. The minimum Gasteiger partial charge on any atom is -0.486 e. The summed E-state index contributed by atoms with van der Waals surface area (Å²) in [5.41, 5.74) is 1.12. The molecule has 0 radical (unpaired) electrons. The molecule has 0 aliphatic carbocycles. The van der Waals surface area contributed by atoms with Crippen molar-refractivity contribution in [3.63, 3.8) is 0 Å². The molecule has 1 aromatic carbocycles. The zero-order valence-corrected chi connectivity index (χ0v) is 10.6. The van der Waals surface area contributed by atoms with Crippen molar-refractivity contribution in [2.75, 3.05) is 19.8 Å². The zero-order valence-electron chi connectivity index (χ0n) is 10.6. The smallest absolute Gasteiger partial charge is 0.165 e. The van der Waals surface area contributed by atoms with Crippen LogP contribution < -0.4 is 14.8 Å². The monoisotopic (exact) mass is 260 g/mol. The van der Waals surface area contributed by atoms with E-state index in [2.05, 4.69) is 21.7 Å². The standard InChI is InChI=1S/C13H16N4O2/c1-2-11(13-12(3-1)18-8-9-19-13)10-14-4-6-17-7-5-15-16-17/h1-3,5,7,14H,4,6,8-10H2. The number of rotatable bonds is 5. The van der Waals surface area contributed by atoms with Crippen LogP contribution in [0.4, 0.5) is 0 Å². The first-order valence-electron chi connectivity index (χ1n) is 6.36. The van der Waals surface area contributed by atoms with Gasteiger partial charge < -0.3 is 14.8 Å². The second kappa shape index (κ2) is 5.71. The van der Waals surface area contributed by atoms with Crippen molar-refractivity contribution in [1.82, 2.24) is 20.3 Å². The van der Waals surface area contributed by atoms with Gasteiger partial charge in [-0.15, -0.1) is 5.10 Å². The van der Waals surface area contributed by atoms with Crippen molar-refractivity contribution < 1.29 is 9.47 Å². The molecular formula is C13H16N4O2. The molecule has 0 fully saturated rings. The molecule has 6 heteroatoms. The van der Waals surface area contributed by atoms with Gasteiger partial charge in [-0.3, -0.25) is 4.68 Å². The first kappa shape index (κ1) is 12.0. The molecule has 0 spiro atoms. The van der Waals surface area contributed by atoms with Crippen LogP contribution in [0.2, 0.25) is 0 Å².